The van der Waals surface area contributed by atoms with E-state index in [1.165, 1.54) is 31.5 Å². The summed E-state index contributed by atoms with van der Waals surface area (Å²) in [4.78, 5) is 21.9. The van der Waals surface area contributed by atoms with Crippen LogP contribution in [0.15, 0.2) is 55.1 Å². The van der Waals surface area contributed by atoms with Gasteiger partial charge in [-0.2, -0.15) is 0 Å². The van der Waals surface area contributed by atoms with Crippen molar-refractivity contribution in [2.75, 3.05) is 26.2 Å². The molecule has 0 radical (unpaired) electrons. The van der Waals surface area contributed by atoms with Crippen LogP contribution in [-0.2, 0) is 0 Å². The smallest absolute Gasteiger partial charge is 0.419 e. The highest BCUT2D eigenvalue weighted by Gasteiger charge is 2.18. The topological polar surface area (TPSA) is 73.8 Å². The van der Waals surface area contributed by atoms with Crippen LogP contribution in [0.2, 0.25) is 5.02 Å². The van der Waals surface area contributed by atoms with Crippen molar-refractivity contribution < 1.29 is 19.0 Å². The van der Waals surface area contributed by atoms with E-state index in [9.17, 15) is 4.79 Å². The van der Waals surface area contributed by atoms with Gasteiger partial charge in [0.15, 0.2) is 11.5 Å². The quantitative estimate of drug-likeness (QED) is 0.631. The van der Waals surface area contributed by atoms with Crippen LogP contribution in [0.3, 0.4) is 0 Å². The average molecular weight is 400 g/mol. The lowest BCUT2D eigenvalue weighted by atomic mass is 10.1. The summed E-state index contributed by atoms with van der Waals surface area (Å²) in [6.45, 7) is 0. The number of carbonyl (C=O) groups excluding carboxylic acids is 1. The summed E-state index contributed by atoms with van der Waals surface area (Å²) < 4.78 is 15.8. The van der Waals surface area contributed by atoms with E-state index in [0.717, 1.165) is 11.1 Å². The van der Waals surface area contributed by atoms with Gasteiger partial charge in [-0.15, -0.1) is 0 Å². The van der Waals surface area contributed by atoms with Gasteiger partial charge in [-0.1, -0.05) is 23.7 Å². The van der Waals surface area contributed by atoms with E-state index < -0.39 is 6.09 Å². The Bertz CT molecular complexity index is 965. The van der Waals surface area contributed by atoms with Crippen molar-refractivity contribution in [1.82, 2.24) is 9.97 Å². The van der Waals surface area contributed by atoms with E-state index in [1.54, 1.807) is 25.5 Å². The van der Waals surface area contributed by atoms with E-state index in [2.05, 4.69) is 9.97 Å². The Morgan fingerprint density at radius 3 is 2.18 bits per heavy atom. The van der Waals surface area contributed by atoms with Gasteiger partial charge in [-0.05, 0) is 17.7 Å². The Kier molecular flexibility index (Phi) is 5.96. The minimum Gasteiger partial charge on any atom is -0.495 e. The SMILES string of the molecule is COc1cc(OC)c(OC(=O)N(C)c2ccc(-c3cncnc3)cc2)cc1Cl. The number of aromatic nitrogens is 2. The van der Waals surface area contributed by atoms with Gasteiger partial charge in [0.1, 0.15) is 12.1 Å². The van der Waals surface area contributed by atoms with Crippen LogP contribution in [0.5, 0.6) is 17.2 Å². The van der Waals surface area contributed by atoms with Crippen molar-refractivity contribution in [2.45, 2.75) is 0 Å². The monoisotopic (exact) mass is 399 g/mol. The summed E-state index contributed by atoms with van der Waals surface area (Å²) in [5.74, 6) is 0.956. The van der Waals surface area contributed by atoms with Gasteiger partial charge < -0.3 is 14.2 Å². The molecule has 0 atom stereocenters. The summed E-state index contributed by atoms with van der Waals surface area (Å²) in [6, 6.07) is 10.4. The van der Waals surface area contributed by atoms with Crippen molar-refractivity contribution in [2.24, 2.45) is 0 Å². The van der Waals surface area contributed by atoms with Crippen LogP contribution in [0.1, 0.15) is 0 Å². The molecule has 7 nitrogen and oxygen atoms in total. The third-order valence-electron chi connectivity index (χ3n) is 4.06. The second-order valence-electron chi connectivity index (χ2n) is 5.74. The van der Waals surface area contributed by atoms with Crippen LogP contribution < -0.4 is 19.1 Å². The zero-order chi connectivity index (χ0) is 20.1. The largest absolute Gasteiger partial charge is 0.495 e. The molecule has 1 aromatic heterocycles. The van der Waals surface area contributed by atoms with Crippen LogP contribution in [0.25, 0.3) is 11.1 Å². The Morgan fingerprint density at radius 2 is 1.57 bits per heavy atom. The zero-order valence-corrected chi connectivity index (χ0v) is 16.3. The highest BCUT2D eigenvalue weighted by Crippen LogP contribution is 2.37. The third-order valence-corrected chi connectivity index (χ3v) is 4.35. The minimum absolute atomic E-state index is 0.197. The molecule has 3 aromatic rings. The molecule has 0 saturated carbocycles. The number of rotatable bonds is 5. The van der Waals surface area contributed by atoms with Crippen LogP contribution >= 0.6 is 11.6 Å². The van der Waals surface area contributed by atoms with E-state index in [4.69, 9.17) is 25.8 Å². The lowest BCUT2D eigenvalue weighted by Gasteiger charge is -2.19. The molecule has 2 aromatic carbocycles. The minimum atomic E-state index is -0.588. The molecule has 0 fully saturated rings. The molecule has 0 unspecified atom stereocenters. The fourth-order valence-corrected chi connectivity index (χ4v) is 2.74. The maximum absolute atomic E-state index is 12.6. The van der Waals surface area contributed by atoms with E-state index in [-0.39, 0.29) is 5.75 Å². The molecule has 144 valence electrons. The molecular weight excluding hydrogens is 382 g/mol. The Hall–Kier alpha value is -3.32. The first kappa shape index (κ1) is 19.4. The van der Waals surface area contributed by atoms with Crippen molar-refractivity contribution in [3.8, 4) is 28.4 Å². The predicted octanol–water partition coefficient (Wildman–Crippen LogP) is 4.45. The van der Waals surface area contributed by atoms with Gasteiger partial charge in [0.25, 0.3) is 0 Å². The van der Waals surface area contributed by atoms with Gasteiger partial charge in [0.2, 0.25) is 0 Å². The fraction of sp³-hybridized carbons (Fsp3) is 0.150. The molecular formula is C20H18ClN3O4. The predicted molar refractivity (Wildman–Crippen MR) is 106 cm³/mol. The lowest BCUT2D eigenvalue weighted by molar-refractivity contribution is 0.207. The molecule has 1 heterocycles. The number of hydrogen-bond donors (Lipinski definition) is 0. The molecule has 3 rings (SSSR count). The second kappa shape index (κ2) is 8.58. The molecule has 8 heteroatoms. The lowest BCUT2D eigenvalue weighted by Crippen LogP contribution is -2.29. The standard InChI is InChI=1S/C20H18ClN3O4/c1-24(15-6-4-13(5-7-15)14-10-22-12-23-11-14)20(25)28-19-8-16(21)17(26-2)9-18(19)27-3/h4-12H,1-3H3. The molecule has 1 amide bonds. The van der Waals surface area contributed by atoms with Crippen molar-refractivity contribution in [3.05, 3.63) is 60.1 Å². The van der Waals surface area contributed by atoms with E-state index in [1.807, 2.05) is 24.3 Å². The average Bonchev–Trinajstić information content (AvgIpc) is 2.74. The molecule has 28 heavy (non-hydrogen) atoms. The summed E-state index contributed by atoms with van der Waals surface area (Å²) in [6.07, 6.45) is 4.33. The molecule has 0 spiro atoms. The molecule has 0 bridgehead atoms. The van der Waals surface area contributed by atoms with Gasteiger partial charge in [0, 0.05) is 42.8 Å². The first-order valence-electron chi connectivity index (χ1n) is 8.26. The molecule has 0 N–H and O–H groups in total. The van der Waals surface area contributed by atoms with Gasteiger partial charge in [-0.25, -0.2) is 14.8 Å². The molecule has 0 aliphatic carbocycles. The number of halogens is 1. The zero-order valence-electron chi connectivity index (χ0n) is 15.5. The number of amides is 1. The Labute approximate surface area is 167 Å². The maximum Gasteiger partial charge on any atom is 0.419 e. The van der Waals surface area contributed by atoms with Crippen LogP contribution in [-0.4, -0.2) is 37.3 Å². The van der Waals surface area contributed by atoms with Crippen molar-refractivity contribution in [3.63, 3.8) is 0 Å². The molecule has 0 saturated heterocycles. The summed E-state index contributed by atoms with van der Waals surface area (Å²) in [7, 11) is 4.57. The third kappa shape index (κ3) is 4.15. The van der Waals surface area contributed by atoms with Gasteiger partial charge in [0.05, 0.1) is 19.2 Å². The van der Waals surface area contributed by atoms with Crippen molar-refractivity contribution >= 4 is 23.4 Å². The van der Waals surface area contributed by atoms with Crippen molar-refractivity contribution in [1.29, 1.82) is 0 Å². The first-order chi connectivity index (χ1) is 13.5. The van der Waals surface area contributed by atoms with Gasteiger partial charge >= 0.3 is 6.09 Å². The van der Waals surface area contributed by atoms with E-state index >= 15 is 0 Å². The summed E-state index contributed by atoms with van der Waals surface area (Å²) >= 11 is 6.12. The summed E-state index contributed by atoms with van der Waals surface area (Å²) in [5.41, 5.74) is 2.48. The number of nitrogens with zero attached hydrogens (tertiary/aromatic N) is 3. The second-order valence-corrected chi connectivity index (χ2v) is 6.15. The Morgan fingerprint density at radius 1 is 0.929 bits per heavy atom. The summed E-state index contributed by atoms with van der Waals surface area (Å²) in [5, 5.41) is 0.309. The number of methoxy groups -OCH3 is 2. The van der Waals surface area contributed by atoms with E-state index in [0.29, 0.717) is 22.2 Å². The number of benzene rings is 2. The number of ether oxygens (including phenoxy) is 3. The first-order valence-corrected chi connectivity index (χ1v) is 8.63. The van der Waals surface area contributed by atoms with Gasteiger partial charge in [-0.3, -0.25) is 4.90 Å². The number of anilines is 1. The number of hydrogen-bond acceptors (Lipinski definition) is 6. The van der Waals surface area contributed by atoms with Crippen LogP contribution in [0, 0.1) is 0 Å². The molecule has 0 aliphatic heterocycles. The molecule has 0 aliphatic rings. The fourth-order valence-electron chi connectivity index (χ4n) is 2.51. The number of carbonyl (C=O) groups is 1. The normalized spacial score (nSPS) is 10.3. The highest BCUT2D eigenvalue weighted by atomic mass is 35.5. The Balaban J connectivity index is 1.77. The van der Waals surface area contributed by atoms with Crippen LogP contribution in [0.4, 0.5) is 10.5 Å². The highest BCUT2D eigenvalue weighted by molar-refractivity contribution is 6.32. The maximum atomic E-state index is 12.6.